The van der Waals surface area contributed by atoms with E-state index in [0.29, 0.717) is 21.9 Å². The molecular weight excluding hydrogens is 454 g/mol. The summed E-state index contributed by atoms with van der Waals surface area (Å²) in [7, 11) is 0. The molecule has 4 unspecified atom stereocenters. The Balaban J connectivity index is 1.77. The Morgan fingerprint density at radius 1 is 0.757 bits per heavy atom. The summed E-state index contributed by atoms with van der Waals surface area (Å²) in [5.74, 6) is -7.49. The highest BCUT2D eigenvalue weighted by Gasteiger charge is 2.30. The zero-order valence-electron chi connectivity index (χ0n) is 39.3. The van der Waals surface area contributed by atoms with E-state index in [2.05, 4.69) is 15.4 Å². The van der Waals surface area contributed by atoms with Crippen molar-refractivity contribution in [1.29, 1.82) is 0 Å². The first-order chi connectivity index (χ1) is 26.0. The van der Waals surface area contributed by atoms with E-state index in [-0.39, 0.29) is 16.8 Å². The van der Waals surface area contributed by atoms with Gasteiger partial charge in [0, 0.05) is 43.8 Å². The van der Waals surface area contributed by atoms with Gasteiger partial charge in [0.2, 0.25) is 0 Å². The summed E-state index contributed by atoms with van der Waals surface area (Å²) in [6.45, 7) is 0. The maximum absolute atomic E-state index is 10.1. The molecule has 2 aliphatic rings. The number of furan rings is 1. The van der Waals surface area contributed by atoms with Crippen LogP contribution in [0.2, 0.25) is 0 Å². The van der Waals surface area contributed by atoms with E-state index in [0.717, 1.165) is 18.3 Å². The minimum absolute atomic E-state index is 0.0708. The van der Waals surface area contributed by atoms with Crippen molar-refractivity contribution >= 4 is 21.9 Å². The van der Waals surface area contributed by atoms with Crippen LogP contribution in [0.4, 0.5) is 0 Å². The van der Waals surface area contributed by atoms with Crippen molar-refractivity contribution in [3.05, 3.63) is 78.0 Å². The minimum Gasteiger partial charge on any atom is -0.456 e. The van der Waals surface area contributed by atoms with E-state index in [1.54, 1.807) is 42.5 Å². The summed E-state index contributed by atoms with van der Waals surface area (Å²) in [5, 5.41) is 12.3. The van der Waals surface area contributed by atoms with E-state index >= 15 is 0 Å². The molecule has 186 valence electrons. The molecule has 0 aliphatic heterocycles. The standard InChI is InChI=1S/C33H33N3O/c1-3-10-22(11-4-1)24-18-19-26(25-15-9-17-30-32(25)27-14-7-8-16-29(27)37-30)33(28-20-21-34-36-35-28)31(24)23-12-5-2-6-13-23/h7-9,14-23H,1-6,10-13H2/i1D2,2D2,3D2,4D2,5D2,6D2,10D,11D2,12D,13D2,22D,23D. The van der Waals surface area contributed by atoms with Crippen LogP contribution in [0.1, 0.15) is 114 Å². The normalized spacial score (nSPS) is 47.2. The summed E-state index contributed by atoms with van der Waals surface area (Å²) in [4.78, 5) is 0. The fourth-order valence-electron chi connectivity index (χ4n) is 4.81. The molecule has 0 N–H and O–H groups in total. The Morgan fingerprint density at radius 2 is 1.57 bits per heavy atom. The lowest BCUT2D eigenvalue weighted by atomic mass is 9.72. The van der Waals surface area contributed by atoms with Crippen LogP contribution in [0.15, 0.2) is 71.3 Å². The van der Waals surface area contributed by atoms with E-state index in [4.69, 9.17) is 25.0 Å². The van der Waals surface area contributed by atoms with Crippen molar-refractivity contribution in [2.75, 3.05) is 0 Å². The van der Waals surface area contributed by atoms with Crippen LogP contribution in [0.25, 0.3) is 44.3 Å². The number of hydrogen-bond acceptors (Lipinski definition) is 4. The summed E-state index contributed by atoms with van der Waals surface area (Å²) in [6, 6.07) is 14.8. The van der Waals surface area contributed by atoms with Crippen molar-refractivity contribution in [1.82, 2.24) is 15.4 Å². The summed E-state index contributed by atoms with van der Waals surface area (Å²) in [5.41, 5.74) is -2.26. The molecular formula is C33H33N3O. The van der Waals surface area contributed by atoms with Crippen LogP contribution >= 0.6 is 0 Å². The Morgan fingerprint density at radius 3 is 2.43 bits per heavy atom. The van der Waals surface area contributed by atoms with Crippen molar-refractivity contribution in [3.63, 3.8) is 0 Å². The Hall–Kier alpha value is -3.53. The quantitative estimate of drug-likeness (QED) is 0.243. The first-order valence-electron chi connectivity index (χ1n) is 21.7. The van der Waals surface area contributed by atoms with Gasteiger partial charge in [-0.2, -0.15) is 0 Å². The predicted octanol–water partition coefficient (Wildman–Crippen LogP) is 9.20. The lowest BCUT2D eigenvalue weighted by Gasteiger charge is -2.32. The van der Waals surface area contributed by atoms with Gasteiger partial charge >= 0.3 is 0 Å². The molecule has 0 radical (unpaired) electrons. The van der Waals surface area contributed by atoms with Crippen molar-refractivity contribution < 1.29 is 31.8 Å². The molecule has 2 saturated carbocycles. The third kappa shape index (κ3) is 4.03. The molecule has 37 heavy (non-hydrogen) atoms. The topological polar surface area (TPSA) is 51.8 Å². The highest BCUT2D eigenvalue weighted by molar-refractivity contribution is 6.13. The number of aromatic nitrogens is 3. The molecule has 4 heteroatoms. The second-order valence-corrected chi connectivity index (χ2v) is 8.35. The molecule has 5 aromatic rings. The monoisotopic (exact) mass is 507 g/mol. The first kappa shape index (κ1) is 9.98. The molecule has 0 bridgehead atoms. The Bertz CT molecular complexity index is 2440. The third-order valence-electron chi connectivity index (χ3n) is 6.31. The van der Waals surface area contributed by atoms with Gasteiger partial charge in [-0.15, -0.1) is 10.2 Å². The number of hydrogen-bond donors (Lipinski definition) is 0. The van der Waals surface area contributed by atoms with E-state index in [1.807, 2.05) is 0 Å². The van der Waals surface area contributed by atoms with Crippen molar-refractivity contribution in [2.24, 2.45) is 0 Å². The number of nitrogens with zero attached hydrogens (tertiary/aromatic N) is 3. The van der Waals surface area contributed by atoms with Crippen LogP contribution in [0.5, 0.6) is 0 Å². The second-order valence-electron chi connectivity index (χ2n) is 8.35. The van der Waals surface area contributed by atoms with Gasteiger partial charge in [-0.3, -0.25) is 0 Å². The Labute approximate surface area is 246 Å². The van der Waals surface area contributed by atoms with Crippen LogP contribution in [-0.2, 0) is 0 Å². The zero-order chi connectivity index (χ0) is 42.5. The Kier molecular flexibility index (Phi) is 2.63. The summed E-state index contributed by atoms with van der Waals surface area (Å²) < 4.78 is 185. The molecule has 4 atom stereocenters. The maximum atomic E-state index is 10.1. The van der Waals surface area contributed by atoms with Gasteiger partial charge in [-0.25, -0.2) is 0 Å². The predicted molar refractivity (Wildman–Crippen MR) is 150 cm³/mol. The fraction of sp³-hybridized carbons (Fsp3) is 0.364. The maximum Gasteiger partial charge on any atom is 0.136 e. The molecule has 2 heterocycles. The average molecular weight is 508 g/mol. The second kappa shape index (κ2) is 9.74. The molecule has 2 fully saturated rings. The van der Waals surface area contributed by atoms with Crippen LogP contribution in [-0.4, -0.2) is 15.4 Å². The number of benzene rings is 3. The van der Waals surface area contributed by atoms with Crippen molar-refractivity contribution in [2.45, 2.75) is 75.6 Å². The van der Waals surface area contributed by atoms with Crippen LogP contribution in [0, 0.1) is 0 Å². The van der Waals surface area contributed by atoms with E-state index in [1.165, 1.54) is 6.07 Å². The fourth-order valence-corrected chi connectivity index (χ4v) is 4.81. The van der Waals surface area contributed by atoms with Gasteiger partial charge in [0.1, 0.15) is 11.2 Å². The first-order valence-corrected chi connectivity index (χ1v) is 11.5. The number of para-hydroxylation sites is 1. The highest BCUT2D eigenvalue weighted by Crippen LogP contribution is 2.49. The van der Waals surface area contributed by atoms with Crippen LogP contribution in [0.3, 0.4) is 0 Å². The van der Waals surface area contributed by atoms with Gasteiger partial charge in [0.25, 0.3) is 0 Å². The third-order valence-corrected chi connectivity index (χ3v) is 6.31. The lowest BCUT2D eigenvalue weighted by Crippen LogP contribution is -2.14. The molecule has 7 rings (SSSR count). The summed E-state index contributed by atoms with van der Waals surface area (Å²) in [6.07, 6.45) is -35.8. The van der Waals surface area contributed by atoms with Gasteiger partial charge in [-0.05, 0) is 83.0 Å². The molecule has 4 nitrogen and oxygen atoms in total. The smallest absolute Gasteiger partial charge is 0.136 e. The summed E-state index contributed by atoms with van der Waals surface area (Å²) >= 11 is 0. The lowest BCUT2D eigenvalue weighted by molar-refractivity contribution is 0.419. The van der Waals surface area contributed by atoms with Crippen molar-refractivity contribution in [3.8, 4) is 22.4 Å². The molecule has 3 aromatic carbocycles. The SMILES string of the molecule is [2H]C1C([2H])([2H])C([2H])([2H])C([2H])([2H])C([2H])([2H])C1([2H])c1ccc(-c2cccc3oc4ccccc4c23)c(-c2ccnnn2)c1C1([2H])C([2H])C([2H])([2H])C([2H])([2H])C([2H])([2H])C1([2H])[2H]. The van der Waals surface area contributed by atoms with E-state index in [9.17, 15) is 6.85 Å². The van der Waals surface area contributed by atoms with Crippen LogP contribution < -0.4 is 0 Å². The largest absolute Gasteiger partial charge is 0.456 e. The molecule has 2 aliphatic carbocycles. The highest BCUT2D eigenvalue weighted by atomic mass is 16.3. The molecule has 0 saturated heterocycles. The van der Waals surface area contributed by atoms with Gasteiger partial charge in [-0.1, -0.05) is 80.7 Å². The van der Waals surface area contributed by atoms with Gasteiger partial charge in [0.15, 0.2) is 0 Å². The van der Waals surface area contributed by atoms with Gasteiger partial charge in [0.05, 0.1) is 11.9 Å². The zero-order valence-corrected chi connectivity index (χ0v) is 19.3. The minimum atomic E-state index is -4.01. The van der Waals surface area contributed by atoms with E-state index < -0.39 is 92.3 Å². The molecule has 0 amide bonds. The number of rotatable bonds is 4. The molecule has 0 spiro atoms. The number of fused-ring (bicyclic) bond motifs is 3. The molecule has 2 aromatic heterocycles. The average Bonchev–Trinajstić information content (AvgIpc) is 3.54. The van der Waals surface area contributed by atoms with Gasteiger partial charge < -0.3 is 4.42 Å².